The van der Waals surface area contributed by atoms with E-state index in [1.807, 2.05) is 30.6 Å². The Hall–Kier alpha value is -1.59. The second kappa shape index (κ2) is 6.03. The molecule has 2 aromatic rings. The van der Waals surface area contributed by atoms with Gasteiger partial charge in [-0.25, -0.2) is 9.97 Å². The SMILES string of the molecule is CC1(N)CCN(c2cnc(Sc3ccccc3)cn2)CC1. The molecule has 1 saturated heterocycles. The van der Waals surface area contributed by atoms with Crippen LogP contribution in [0.4, 0.5) is 5.82 Å². The Morgan fingerprint density at radius 1 is 1.10 bits per heavy atom. The maximum absolute atomic E-state index is 6.16. The highest BCUT2D eigenvalue weighted by atomic mass is 32.2. The Bertz CT molecular complexity index is 573. The van der Waals surface area contributed by atoms with E-state index in [0.29, 0.717) is 0 Å². The van der Waals surface area contributed by atoms with Crippen LogP contribution in [0.25, 0.3) is 0 Å². The minimum absolute atomic E-state index is 0.0347. The molecule has 1 aromatic heterocycles. The number of nitrogens with zero attached hydrogens (tertiary/aromatic N) is 3. The first-order valence-electron chi connectivity index (χ1n) is 7.21. The van der Waals surface area contributed by atoms with Gasteiger partial charge in [-0.1, -0.05) is 30.0 Å². The molecule has 1 aliphatic heterocycles. The normalized spacial score (nSPS) is 17.7. The molecule has 0 amide bonds. The molecule has 0 atom stereocenters. The predicted molar refractivity (Wildman–Crippen MR) is 86.6 cm³/mol. The molecule has 2 heterocycles. The first-order valence-corrected chi connectivity index (χ1v) is 8.03. The van der Waals surface area contributed by atoms with E-state index < -0.39 is 0 Å². The zero-order valence-electron chi connectivity index (χ0n) is 12.2. The van der Waals surface area contributed by atoms with E-state index in [1.54, 1.807) is 11.8 Å². The predicted octanol–water partition coefficient (Wildman–Crippen LogP) is 2.95. The van der Waals surface area contributed by atoms with Crippen LogP contribution in [0.15, 0.2) is 52.6 Å². The van der Waals surface area contributed by atoms with Crippen LogP contribution in [-0.4, -0.2) is 28.6 Å². The van der Waals surface area contributed by atoms with Crippen LogP contribution < -0.4 is 10.6 Å². The molecule has 1 aliphatic rings. The lowest BCUT2D eigenvalue weighted by molar-refractivity contribution is 0.363. The lowest BCUT2D eigenvalue weighted by Gasteiger charge is -2.37. The van der Waals surface area contributed by atoms with Crippen LogP contribution in [0, 0.1) is 0 Å². The fourth-order valence-corrected chi connectivity index (χ4v) is 3.13. The summed E-state index contributed by atoms with van der Waals surface area (Å²) in [6.07, 6.45) is 5.71. The third-order valence-electron chi connectivity index (χ3n) is 3.81. The van der Waals surface area contributed by atoms with Gasteiger partial charge >= 0.3 is 0 Å². The number of nitrogens with two attached hydrogens (primary N) is 1. The van der Waals surface area contributed by atoms with Crippen molar-refractivity contribution in [2.24, 2.45) is 5.73 Å². The van der Waals surface area contributed by atoms with Crippen molar-refractivity contribution in [3.63, 3.8) is 0 Å². The smallest absolute Gasteiger partial charge is 0.147 e. The molecule has 0 aliphatic carbocycles. The van der Waals surface area contributed by atoms with E-state index in [9.17, 15) is 0 Å². The minimum Gasteiger partial charge on any atom is -0.355 e. The fraction of sp³-hybridized carbons (Fsp3) is 0.375. The highest BCUT2D eigenvalue weighted by molar-refractivity contribution is 7.99. The van der Waals surface area contributed by atoms with E-state index in [4.69, 9.17) is 5.73 Å². The monoisotopic (exact) mass is 300 g/mol. The van der Waals surface area contributed by atoms with Crippen molar-refractivity contribution >= 4 is 17.6 Å². The Labute approximate surface area is 129 Å². The molecule has 0 radical (unpaired) electrons. The summed E-state index contributed by atoms with van der Waals surface area (Å²) in [6.45, 7) is 4.02. The molecule has 3 rings (SSSR count). The summed E-state index contributed by atoms with van der Waals surface area (Å²) in [5.41, 5.74) is 6.13. The zero-order chi connectivity index (χ0) is 14.7. The number of hydrogen-bond donors (Lipinski definition) is 1. The quantitative estimate of drug-likeness (QED) is 0.944. The summed E-state index contributed by atoms with van der Waals surface area (Å²) in [7, 11) is 0. The van der Waals surface area contributed by atoms with Crippen LogP contribution in [-0.2, 0) is 0 Å². The molecule has 2 N–H and O–H groups in total. The third-order valence-corrected chi connectivity index (χ3v) is 4.74. The van der Waals surface area contributed by atoms with Crippen molar-refractivity contribution in [3.05, 3.63) is 42.7 Å². The van der Waals surface area contributed by atoms with Gasteiger partial charge < -0.3 is 10.6 Å². The second-order valence-electron chi connectivity index (χ2n) is 5.77. The second-order valence-corrected chi connectivity index (χ2v) is 6.86. The van der Waals surface area contributed by atoms with Gasteiger partial charge in [-0.2, -0.15) is 0 Å². The summed E-state index contributed by atoms with van der Waals surface area (Å²) in [5.74, 6) is 0.947. The van der Waals surface area contributed by atoms with Crippen LogP contribution in [0.1, 0.15) is 19.8 Å². The van der Waals surface area contributed by atoms with E-state index in [1.165, 1.54) is 4.90 Å². The summed E-state index contributed by atoms with van der Waals surface area (Å²) in [6, 6.07) is 10.2. The lowest BCUT2D eigenvalue weighted by Crippen LogP contribution is -2.48. The minimum atomic E-state index is -0.0347. The fourth-order valence-electron chi connectivity index (χ4n) is 2.38. The molecule has 0 spiro atoms. The van der Waals surface area contributed by atoms with E-state index in [2.05, 4.69) is 33.9 Å². The van der Waals surface area contributed by atoms with E-state index in [-0.39, 0.29) is 5.54 Å². The Kier molecular flexibility index (Phi) is 4.12. The van der Waals surface area contributed by atoms with Crippen molar-refractivity contribution < 1.29 is 0 Å². The number of anilines is 1. The average molecular weight is 300 g/mol. The number of benzene rings is 1. The average Bonchev–Trinajstić information content (AvgIpc) is 2.49. The van der Waals surface area contributed by atoms with Crippen LogP contribution in [0.5, 0.6) is 0 Å². The van der Waals surface area contributed by atoms with Gasteiger partial charge in [0.25, 0.3) is 0 Å². The molecular weight excluding hydrogens is 280 g/mol. The molecular formula is C16H20N4S. The maximum Gasteiger partial charge on any atom is 0.147 e. The van der Waals surface area contributed by atoms with Gasteiger partial charge in [-0.3, -0.25) is 0 Å². The molecule has 1 aromatic carbocycles. The van der Waals surface area contributed by atoms with Gasteiger partial charge in [-0.15, -0.1) is 0 Å². The summed E-state index contributed by atoms with van der Waals surface area (Å²) in [4.78, 5) is 12.5. The van der Waals surface area contributed by atoms with E-state index in [0.717, 1.165) is 36.8 Å². The van der Waals surface area contributed by atoms with Gasteiger partial charge in [0.2, 0.25) is 0 Å². The van der Waals surface area contributed by atoms with Gasteiger partial charge in [0.1, 0.15) is 10.8 Å². The van der Waals surface area contributed by atoms with Crippen LogP contribution in [0.3, 0.4) is 0 Å². The first-order chi connectivity index (χ1) is 10.1. The largest absolute Gasteiger partial charge is 0.355 e. The van der Waals surface area contributed by atoms with Crippen molar-refractivity contribution in [3.8, 4) is 0 Å². The summed E-state index contributed by atoms with van der Waals surface area (Å²) in [5, 5.41) is 0.922. The number of piperidine rings is 1. The van der Waals surface area contributed by atoms with Gasteiger partial charge in [0.05, 0.1) is 12.4 Å². The highest BCUT2D eigenvalue weighted by Gasteiger charge is 2.26. The number of rotatable bonds is 3. The van der Waals surface area contributed by atoms with Gasteiger partial charge in [0, 0.05) is 23.5 Å². The molecule has 5 heteroatoms. The highest BCUT2D eigenvalue weighted by Crippen LogP contribution is 2.27. The molecule has 110 valence electrons. The molecule has 0 saturated carbocycles. The topological polar surface area (TPSA) is 55.0 Å². The van der Waals surface area contributed by atoms with Gasteiger partial charge in [-0.05, 0) is 31.9 Å². The molecule has 4 nitrogen and oxygen atoms in total. The summed E-state index contributed by atoms with van der Waals surface area (Å²) < 4.78 is 0. The van der Waals surface area contributed by atoms with Crippen molar-refractivity contribution in [1.29, 1.82) is 0 Å². The Morgan fingerprint density at radius 2 is 1.81 bits per heavy atom. The van der Waals surface area contributed by atoms with Crippen LogP contribution in [0.2, 0.25) is 0 Å². The third kappa shape index (κ3) is 3.74. The number of aromatic nitrogens is 2. The van der Waals surface area contributed by atoms with Crippen LogP contribution >= 0.6 is 11.8 Å². The first kappa shape index (κ1) is 14.4. The van der Waals surface area contributed by atoms with E-state index >= 15 is 0 Å². The standard InChI is InChI=1S/C16H20N4S/c1-16(17)7-9-20(10-8-16)14-11-19-15(12-18-14)21-13-5-3-2-4-6-13/h2-6,11-12H,7-10,17H2,1H3. The molecule has 1 fully saturated rings. The molecule has 0 unspecified atom stereocenters. The van der Waals surface area contributed by atoms with Crippen molar-refractivity contribution in [2.75, 3.05) is 18.0 Å². The zero-order valence-corrected chi connectivity index (χ0v) is 13.0. The van der Waals surface area contributed by atoms with Crippen molar-refractivity contribution in [1.82, 2.24) is 9.97 Å². The Morgan fingerprint density at radius 3 is 2.43 bits per heavy atom. The van der Waals surface area contributed by atoms with Gasteiger partial charge in [0.15, 0.2) is 0 Å². The Balaban J connectivity index is 1.65. The molecule has 0 bridgehead atoms. The molecule has 21 heavy (non-hydrogen) atoms. The maximum atomic E-state index is 6.16. The lowest BCUT2D eigenvalue weighted by atomic mass is 9.91. The number of hydrogen-bond acceptors (Lipinski definition) is 5. The summed E-state index contributed by atoms with van der Waals surface area (Å²) >= 11 is 1.63. The van der Waals surface area contributed by atoms with Crippen molar-refractivity contribution in [2.45, 2.75) is 35.2 Å².